The Morgan fingerprint density at radius 3 is 2.56 bits per heavy atom. The normalized spacial score (nSPS) is 11.6. The number of fused-ring (bicyclic) bond motifs is 1. The Morgan fingerprint density at radius 1 is 1.06 bits per heavy atom. The van der Waals surface area contributed by atoms with Crippen molar-refractivity contribution in [2.45, 2.75) is 9.10 Å². The van der Waals surface area contributed by atoms with E-state index in [4.69, 9.17) is 0 Å². The van der Waals surface area contributed by atoms with Crippen molar-refractivity contribution in [2.75, 3.05) is 5.32 Å². The number of sulfone groups is 1. The SMILES string of the molecule is O=C(C=Cc1ccc2ccccc2n1)Nc1ncc(S(=O)(=O)c2ccc([N+](=O)[O-])cc2)s1. The number of nitrogens with zero attached hydrogens (tertiary/aromatic N) is 3. The Balaban J connectivity index is 1.46. The molecule has 0 atom stereocenters. The van der Waals surface area contributed by atoms with Gasteiger partial charge in [-0.3, -0.25) is 20.2 Å². The molecule has 0 spiro atoms. The Hall–Kier alpha value is -3.96. The molecule has 0 bridgehead atoms. The molecule has 2 aromatic carbocycles. The fourth-order valence-corrected chi connectivity index (χ4v) is 5.22. The van der Waals surface area contributed by atoms with Gasteiger partial charge >= 0.3 is 0 Å². The number of rotatable bonds is 6. The molecule has 0 radical (unpaired) electrons. The summed E-state index contributed by atoms with van der Waals surface area (Å²) in [7, 11) is -3.92. The molecule has 2 heterocycles. The van der Waals surface area contributed by atoms with E-state index in [1.165, 1.54) is 6.08 Å². The number of nitro groups is 1. The lowest BCUT2D eigenvalue weighted by molar-refractivity contribution is -0.384. The number of thiazole rings is 1. The van der Waals surface area contributed by atoms with E-state index < -0.39 is 20.7 Å². The van der Waals surface area contributed by atoms with Crippen molar-refractivity contribution >= 4 is 54.9 Å². The van der Waals surface area contributed by atoms with Gasteiger partial charge in [-0.15, -0.1) is 0 Å². The van der Waals surface area contributed by atoms with E-state index in [0.29, 0.717) is 5.69 Å². The Labute approximate surface area is 186 Å². The van der Waals surface area contributed by atoms with Crippen molar-refractivity contribution in [3.05, 3.63) is 88.7 Å². The zero-order chi connectivity index (χ0) is 22.7. The molecule has 0 fully saturated rings. The molecular weight excluding hydrogens is 452 g/mol. The van der Waals surface area contributed by atoms with Crippen LogP contribution in [0.4, 0.5) is 10.8 Å². The minimum atomic E-state index is -3.92. The van der Waals surface area contributed by atoms with Crippen molar-refractivity contribution in [1.82, 2.24) is 9.97 Å². The van der Waals surface area contributed by atoms with Crippen LogP contribution >= 0.6 is 11.3 Å². The Bertz CT molecular complexity index is 1460. The van der Waals surface area contributed by atoms with Gasteiger partial charge in [-0.25, -0.2) is 18.4 Å². The first kappa shape index (κ1) is 21.3. The van der Waals surface area contributed by atoms with Crippen LogP contribution in [-0.2, 0) is 14.6 Å². The topological polar surface area (TPSA) is 132 Å². The monoisotopic (exact) mass is 466 g/mol. The highest BCUT2D eigenvalue weighted by molar-refractivity contribution is 7.93. The zero-order valence-corrected chi connectivity index (χ0v) is 17.8. The predicted octanol–water partition coefficient (Wildman–Crippen LogP) is 4.08. The fraction of sp³-hybridized carbons (Fsp3) is 0. The predicted molar refractivity (Wildman–Crippen MR) is 120 cm³/mol. The van der Waals surface area contributed by atoms with E-state index >= 15 is 0 Å². The Morgan fingerprint density at radius 2 is 1.81 bits per heavy atom. The van der Waals surface area contributed by atoms with Gasteiger partial charge in [0.1, 0.15) is 4.21 Å². The van der Waals surface area contributed by atoms with Gasteiger partial charge in [0.05, 0.1) is 27.2 Å². The number of para-hydroxylation sites is 1. The van der Waals surface area contributed by atoms with E-state index in [1.54, 1.807) is 12.1 Å². The minimum Gasteiger partial charge on any atom is -0.298 e. The van der Waals surface area contributed by atoms with E-state index in [1.807, 2.05) is 30.3 Å². The molecule has 0 saturated carbocycles. The summed E-state index contributed by atoms with van der Waals surface area (Å²) in [5.74, 6) is -0.492. The van der Waals surface area contributed by atoms with E-state index in [2.05, 4.69) is 15.3 Å². The molecule has 0 saturated heterocycles. The Kier molecular flexibility index (Phi) is 5.75. The molecule has 0 aliphatic heterocycles. The maximum atomic E-state index is 12.7. The molecule has 1 amide bonds. The lowest BCUT2D eigenvalue weighted by atomic mass is 10.2. The zero-order valence-electron chi connectivity index (χ0n) is 16.2. The average molecular weight is 467 g/mol. The van der Waals surface area contributed by atoms with Crippen LogP contribution in [-0.4, -0.2) is 29.2 Å². The van der Waals surface area contributed by atoms with Gasteiger partial charge in [0.15, 0.2) is 5.13 Å². The van der Waals surface area contributed by atoms with E-state index in [0.717, 1.165) is 52.7 Å². The largest absolute Gasteiger partial charge is 0.298 e. The van der Waals surface area contributed by atoms with Gasteiger partial charge < -0.3 is 0 Å². The highest BCUT2D eigenvalue weighted by Gasteiger charge is 2.22. The number of hydrogen-bond acceptors (Lipinski definition) is 8. The second-order valence-corrected chi connectivity index (χ2v) is 9.70. The molecule has 0 unspecified atom stereocenters. The van der Waals surface area contributed by atoms with Crippen LogP contribution in [0.3, 0.4) is 0 Å². The van der Waals surface area contributed by atoms with Crippen LogP contribution in [0, 0.1) is 10.1 Å². The molecule has 0 aliphatic rings. The number of nitrogens with one attached hydrogen (secondary N) is 1. The van der Waals surface area contributed by atoms with Gasteiger partial charge in [0.25, 0.3) is 5.69 Å². The first-order valence-electron chi connectivity index (χ1n) is 9.13. The highest BCUT2D eigenvalue weighted by atomic mass is 32.2. The van der Waals surface area contributed by atoms with Gasteiger partial charge in [-0.2, -0.15) is 0 Å². The highest BCUT2D eigenvalue weighted by Crippen LogP contribution is 2.29. The summed E-state index contributed by atoms with van der Waals surface area (Å²) in [5.41, 5.74) is 1.18. The van der Waals surface area contributed by atoms with E-state index in [-0.39, 0.29) is 19.9 Å². The molecule has 32 heavy (non-hydrogen) atoms. The van der Waals surface area contributed by atoms with Gasteiger partial charge in [-0.1, -0.05) is 35.6 Å². The van der Waals surface area contributed by atoms with Crippen LogP contribution in [0.1, 0.15) is 5.69 Å². The summed E-state index contributed by atoms with van der Waals surface area (Å²) >= 11 is 0.783. The average Bonchev–Trinajstić information content (AvgIpc) is 3.27. The third-order valence-corrected chi connectivity index (χ3v) is 7.51. The number of pyridine rings is 1. The lowest BCUT2D eigenvalue weighted by Gasteiger charge is -2.01. The van der Waals surface area contributed by atoms with Crippen molar-refractivity contribution in [3.63, 3.8) is 0 Å². The van der Waals surface area contributed by atoms with Crippen LogP contribution in [0.15, 0.2) is 82.0 Å². The molecule has 2 aromatic heterocycles. The third kappa shape index (κ3) is 4.53. The van der Waals surface area contributed by atoms with Gasteiger partial charge in [0.2, 0.25) is 15.7 Å². The number of amides is 1. The quantitative estimate of drug-likeness (QED) is 0.257. The van der Waals surface area contributed by atoms with Crippen LogP contribution in [0.2, 0.25) is 0 Å². The summed E-state index contributed by atoms with van der Waals surface area (Å²) in [6.07, 6.45) is 3.96. The first-order valence-corrected chi connectivity index (χ1v) is 11.4. The lowest BCUT2D eigenvalue weighted by Crippen LogP contribution is -2.07. The fourth-order valence-electron chi connectivity index (χ4n) is 2.79. The molecule has 1 N–H and O–H groups in total. The number of carbonyl (C=O) groups is 1. The van der Waals surface area contributed by atoms with Crippen molar-refractivity contribution < 1.29 is 18.1 Å². The van der Waals surface area contributed by atoms with Crippen LogP contribution in [0.5, 0.6) is 0 Å². The maximum absolute atomic E-state index is 12.7. The molecule has 11 heteroatoms. The maximum Gasteiger partial charge on any atom is 0.269 e. The number of hydrogen-bond donors (Lipinski definition) is 1. The number of benzene rings is 2. The smallest absolute Gasteiger partial charge is 0.269 e. The molecular formula is C21H14N4O5S2. The van der Waals surface area contributed by atoms with E-state index in [9.17, 15) is 23.3 Å². The second-order valence-electron chi connectivity index (χ2n) is 6.49. The third-order valence-electron chi connectivity index (χ3n) is 4.36. The summed E-state index contributed by atoms with van der Waals surface area (Å²) in [6.45, 7) is 0. The summed E-state index contributed by atoms with van der Waals surface area (Å²) in [5, 5.41) is 14.3. The summed E-state index contributed by atoms with van der Waals surface area (Å²) < 4.78 is 25.3. The molecule has 9 nitrogen and oxygen atoms in total. The summed E-state index contributed by atoms with van der Waals surface area (Å²) in [6, 6.07) is 15.8. The molecule has 160 valence electrons. The number of anilines is 1. The number of aromatic nitrogens is 2. The number of non-ortho nitro benzene ring substituents is 1. The summed E-state index contributed by atoms with van der Waals surface area (Å²) in [4.78, 5) is 30.6. The molecule has 4 aromatic rings. The standard InChI is InChI=1S/C21H14N4O5S2/c26-19(12-7-15-6-5-14-3-1-2-4-18(14)23-15)24-21-22-13-20(31-21)32(29,30)17-10-8-16(9-11-17)25(27)28/h1-13H,(H,22,24,26). The van der Waals surface area contributed by atoms with Gasteiger partial charge in [0, 0.05) is 23.6 Å². The second kappa shape index (κ2) is 8.65. The first-order chi connectivity index (χ1) is 15.3. The van der Waals surface area contributed by atoms with Gasteiger partial charge in [-0.05, 0) is 30.3 Å². The number of nitro benzene ring substituents is 1. The number of carbonyl (C=O) groups excluding carboxylic acids is 1. The molecule has 4 rings (SSSR count). The van der Waals surface area contributed by atoms with Crippen molar-refractivity contribution in [1.29, 1.82) is 0 Å². The van der Waals surface area contributed by atoms with Crippen molar-refractivity contribution in [2.24, 2.45) is 0 Å². The molecule has 0 aliphatic carbocycles. The van der Waals surface area contributed by atoms with Crippen LogP contribution in [0.25, 0.3) is 17.0 Å². The van der Waals surface area contributed by atoms with Crippen molar-refractivity contribution in [3.8, 4) is 0 Å². The minimum absolute atomic E-state index is 0.0955. The van der Waals surface area contributed by atoms with Crippen LogP contribution < -0.4 is 5.32 Å².